The van der Waals surface area contributed by atoms with Crippen molar-refractivity contribution >= 4 is 40.0 Å². The van der Waals surface area contributed by atoms with Gasteiger partial charge in [-0.1, -0.05) is 27.7 Å². The number of oxazole rings is 1. The van der Waals surface area contributed by atoms with Gasteiger partial charge < -0.3 is 15.1 Å². The molecule has 0 aliphatic heterocycles. The summed E-state index contributed by atoms with van der Waals surface area (Å²) in [5.41, 5.74) is -0.0735. The maximum atomic E-state index is 11.5. The number of nitrogens with one attached hydrogen (secondary N) is 2. The average Bonchev–Trinajstić information content (AvgIpc) is 2.98. The third kappa shape index (κ3) is 8.67. The van der Waals surface area contributed by atoms with Crippen LogP contribution >= 0.6 is 24.0 Å². The van der Waals surface area contributed by atoms with E-state index in [1.54, 1.807) is 13.2 Å². The summed E-state index contributed by atoms with van der Waals surface area (Å²) < 4.78 is 30.2. The third-order valence-corrected chi connectivity index (χ3v) is 5.00. The molecule has 26 heavy (non-hydrogen) atoms. The van der Waals surface area contributed by atoms with Gasteiger partial charge in [0.1, 0.15) is 5.76 Å². The molecule has 0 fully saturated rings. The molecular formula is C16H32IN5O3S. The molecule has 0 radical (unpaired) electrons. The molecule has 1 aromatic heterocycles. The maximum absolute atomic E-state index is 11.5. The number of hydrogen-bond donors (Lipinski definition) is 2. The second kappa shape index (κ2) is 11.1. The summed E-state index contributed by atoms with van der Waals surface area (Å²) in [5, 5.41) is 6.29. The molecule has 1 aromatic rings. The zero-order chi connectivity index (χ0) is 19.1. The van der Waals surface area contributed by atoms with E-state index >= 15 is 0 Å². The fraction of sp³-hybridized carbons (Fsp3) is 0.750. The predicted molar refractivity (Wildman–Crippen MR) is 116 cm³/mol. The normalized spacial score (nSPS) is 12.8. The second-order valence-electron chi connectivity index (χ2n) is 6.83. The van der Waals surface area contributed by atoms with Gasteiger partial charge in [-0.3, -0.25) is 4.99 Å². The topological polar surface area (TPSA) is 99.8 Å². The molecule has 2 N–H and O–H groups in total. The highest BCUT2D eigenvalue weighted by Crippen LogP contribution is 2.22. The van der Waals surface area contributed by atoms with Crippen molar-refractivity contribution < 1.29 is 12.8 Å². The van der Waals surface area contributed by atoms with Crippen LogP contribution in [-0.4, -0.2) is 56.6 Å². The molecule has 0 amide bonds. The number of rotatable bonds is 8. The van der Waals surface area contributed by atoms with E-state index in [2.05, 4.69) is 41.4 Å². The van der Waals surface area contributed by atoms with Gasteiger partial charge in [-0.15, -0.1) is 24.0 Å². The zero-order valence-electron chi connectivity index (χ0n) is 16.5. The van der Waals surface area contributed by atoms with Crippen LogP contribution in [0.15, 0.2) is 15.6 Å². The Morgan fingerprint density at radius 2 is 2.00 bits per heavy atom. The first-order valence-electron chi connectivity index (χ1n) is 8.42. The minimum Gasteiger partial charge on any atom is -0.443 e. The van der Waals surface area contributed by atoms with Crippen LogP contribution in [0.25, 0.3) is 0 Å². The monoisotopic (exact) mass is 501 g/mol. The lowest BCUT2D eigenvalue weighted by atomic mass is 9.94. The van der Waals surface area contributed by atoms with Gasteiger partial charge in [0.2, 0.25) is 15.9 Å². The van der Waals surface area contributed by atoms with Crippen LogP contribution in [-0.2, 0) is 22.0 Å². The Bertz CT molecular complexity index is 668. The summed E-state index contributed by atoms with van der Waals surface area (Å²) >= 11 is 0. The quantitative estimate of drug-likeness (QED) is 0.245. The van der Waals surface area contributed by atoms with E-state index in [0.717, 1.165) is 5.76 Å². The fourth-order valence-electron chi connectivity index (χ4n) is 2.14. The van der Waals surface area contributed by atoms with E-state index in [1.807, 2.05) is 6.92 Å². The number of nitrogens with zero attached hydrogens (tertiary/aromatic N) is 3. The van der Waals surface area contributed by atoms with Gasteiger partial charge in [0, 0.05) is 32.1 Å². The molecule has 0 saturated heterocycles. The van der Waals surface area contributed by atoms with E-state index in [1.165, 1.54) is 10.6 Å². The first kappa shape index (κ1) is 25.1. The molecule has 1 rings (SSSR count). The van der Waals surface area contributed by atoms with Gasteiger partial charge in [-0.25, -0.2) is 17.7 Å². The smallest absolute Gasteiger partial charge is 0.213 e. The number of halogens is 1. The molecule has 8 nitrogen and oxygen atoms in total. The lowest BCUT2D eigenvalue weighted by Gasteiger charge is -2.18. The number of aromatic nitrogens is 1. The van der Waals surface area contributed by atoms with Crippen molar-refractivity contribution in [2.45, 2.75) is 46.1 Å². The van der Waals surface area contributed by atoms with Crippen molar-refractivity contribution in [3.8, 4) is 0 Å². The van der Waals surface area contributed by atoms with Gasteiger partial charge >= 0.3 is 0 Å². The second-order valence-corrected chi connectivity index (χ2v) is 8.81. The third-order valence-electron chi connectivity index (χ3n) is 3.62. The molecule has 0 aliphatic rings. The van der Waals surface area contributed by atoms with E-state index in [4.69, 9.17) is 4.42 Å². The molecule has 10 heteroatoms. The lowest BCUT2D eigenvalue weighted by molar-refractivity contribution is 0.379. The van der Waals surface area contributed by atoms with Crippen LogP contribution in [0.1, 0.15) is 45.8 Å². The Hall–Kier alpha value is -0.880. The van der Waals surface area contributed by atoms with Crippen LogP contribution in [0.3, 0.4) is 0 Å². The Morgan fingerprint density at radius 1 is 1.35 bits per heavy atom. The minimum absolute atomic E-state index is 0. The van der Waals surface area contributed by atoms with Gasteiger partial charge in [0.25, 0.3) is 0 Å². The van der Waals surface area contributed by atoms with E-state index < -0.39 is 10.0 Å². The van der Waals surface area contributed by atoms with E-state index in [0.29, 0.717) is 44.5 Å². The standard InChI is InChI=1S/C16H31N5O3S.HI/c1-7-21(25(6,22)23)10-8-9-18-15(17-5)20-12-14-19-11-13(24-14)16(2,3)4;/h11H,7-10,12H2,1-6H3,(H2,17,18,20);1H. The molecule has 0 saturated carbocycles. The Morgan fingerprint density at radius 3 is 2.46 bits per heavy atom. The zero-order valence-corrected chi connectivity index (χ0v) is 19.6. The summed E-state index contributed by atoms with van der Waals surface area (Å²) in [6, 6.07) is 0. The van der Waals surface area contributed by atoms with Gasteiger partial charge in [0.05, 0.1) is 19.0 Å². The van der Waals surface area contributed by atoms with E-state index in [-0.39, 0.29) is 29.4 Å². The summed E-state index contributed by atoms with van der Waals surface area (Å²) in [4.78, 5) is 8.40. The summed E-state index contributed by atoms with van der Waals surface area (Å²) in [5.74, 6) is 2.06. The Balaban J connectivity index is 0.00000625. The van der Waals surface area contributed by atoms with Crippen LogP contribution in [0.5, 0.6) is 0 Å². The average molecular weight is 501 g/mol. The lowest BCUT2D eigenvalue weighted by Crippen LogP contribution is -2.39. The summed E-state index contributed by atoms with van der Waals surface area (Å²) in [6.45, 7) is 10.0. The molecular weight excluding hydrogens is 469 g/mol. The molecule has 0 atom stereocenters. The highest BCUT2D eigenvalue weighted by Gasteiger charge is 2.19. The summed E-state index contributed by atoms with van der Waals surface area (Å²) in [7, 11) is -1.46. The van der Waals surface area contributed by atoms with Crippen molar-refractivity contribution in [2.24, 2.45) is 4.99 Å². The number of guanidine groups is 1. The highest BCUT2D eigenvalue weighted by atomic mass is 127. The van der Waals surface area contributed by atoms with Crippen molar-refractivity contribution in [2.75, 3.05) is 32.9 Å². The summed E-state index contributed by atoms with van der Waals surface area (Å²) in [6.07, 6.45) is 3.67. The minimum atomic E-state index is -3.14. The van der Waals surface area contributed by atoms with Crippen LogP contribution in [0, 0.1) is 0 Å². The predicted octanol–water partition coefficient (Wildman–Crippen LogP) is 1.93. The van der Waals surface area contributed by atoms with E-state index in [9.17, 15) is 8.42 Å². The Labute approximate surface area is 174 Å². The molecule has 0 unspecified atom stereocenters. The number of aliphatic imine (C=N–C) groups is 1. The van der Waals surface area contributed by atoms with Crippen LogP contribution in [0.4, 0.5) is 0 Å². The molecule has 0 aromatic carbocycles. The van der Waals surface area contributed by atoms with Crippen LogP contribution in [0.2, 0.25) is 0 Å². The Kier molecular flexibility index (Phi) is 10.7. The van der Waals surface area contributed by atoms with Gasteiger partial charge in [-0.2, -0.15) is 0 Å². The van der Waals surface area contributed by atoms with Gasteiger partial charge in [-0.05, 0) is 6.42 Å². The first-order valence-corrected chi connectivity index (χ1v) is 10.3. The van der Waals surface area contributed by atoms with Crippen molar-refractivity contribution in [3.63, 3.8) is 0 Å². The van der Waals surface area contributed by atoms with Crippen molar-refractivity contribution in [3.05, 3.63) is 17.8 Å². The molecule has 1 heterocycles. The van der Waals surface area contributed by atoms with Crippen LogP contribution < -0.4 is 10.6 Å². The van der Waals surface area contributed by atoms with Gasteiger partial charge in [0.15, 0.2) is 5.96 Å². The van der Waals surface area contributed by atoms with Crippen molar-refractivity contribution in [1.82, 2.24) is 19.9 Å². The largest absolute Gasteiger partial charge is 0.443 e. The number of sulfonamides is 1. The first-order chi connectivity index (χ1) is 11.6. The SMILES string of the molecule is CCN(CCCNC(=NC)NCc1ncc(C(C)(C)C)o1)S(C)(=O)=O.I. The maximum Gasteiger partial charge on any atom is 0.213 e. The molecule has 0 bridgehead atoms. The number of hydrogen-bond acceptors (Lipinski definition) is 5. The molecule has 0 aliphatic carbocycles. The van der Waals surface area contributed by atoms with Crippen molar-refractivity contribution in [1.29, 1.82) is 0 Å². The molecule has 152 valence electrons. The molecule has 0 spiro atoms. The fourth-order valence-corrected chi connectivity index (χ4v) is 3.07. The highest BCUT2D eigenvalue weighted by molar-refractivity contribution is 14.0.